The summed E-state index contributed by atoms with van der Waals surface area (Å²) in [5.74, 6) is 0.697. The van der Waals surface area contributed by atoms with Crippen LogP contribution < -0.4 is 0 Å². The first-order valence-corrected chi connectivity index (χ1v) is 23.4. The van der Waals surface area contributed by atoms with Crippen LogP contribution in [-0.2, 0) is 5.41 Å². The van der Waals surface area contributed by atoms with Gasteiger partial charge in [0, 0.05) is 36.9 Å². The fourth-order valence-corrected chi connectivity index (χ4v) is 12.3. The van der Waals surface area contributed by atoms with E-state index in [4.69, 9.17) is 9.97 Å². The van der Waals surface area contributed by atoms with Crippen molar-refractivity contribution in [2.24, 2.45) is 0 Å². The van der Waals surface area contributed by atoms with E-state index in [1.807, 2.05) is 11.3 Å². The molecule has 12 aromatic rings. The zero-order valence-corrected chi connectivity index (χ0v) is 36.6. The third kappa shape index (κ3) is 5.47. The van der Waals surface area contributed by atoms with Crippen LogP contribution in [0.2, 0.25) is 0 Å². The third-order valence-electron chi connectivity index (χ3n) is 14.1. The highest BCUT2D eigenvalue weighted by Gasteiger charge is 2.51. The lowest BCUT2D eigenvalue weighted by atomic mass is 9.70. The van der Waals surface area contributed by atoms with Gasteiger partial charge in [-0.1, -0.05) is 182 Å². The van der Waals surface area contributed by atoms with Crippen LogP contribution in [0.1, 0.15) is 22.3 Å². The molecule has 2 aliphatic rings. The fourth-order valence-electron chi connectivity index (χ4n) is 11.2. The minimum atomic E-state index is -0.402. The normalized spacial score (nSPS) is 13.0. The molecule has 14 rings (SSSR count). The molecule has 66 heavy (non-hydrogen) atoms. The Hall–Kier alpha value is -8.24. The average Bonchev–Trinajstić information content (AvgIpc) is 4.02. The van der Waals surface area contributed by atoms with Crippen LogP contribution in [0.3, 0.4) is 0 Å². The lowest BCUT2D eigenvalue weighted by molar-refractivity contribution is 0.794. The second-order valence-corrected chi connectivity index (χ2v) is 18.7. The Morgan fingerprint density at radius 1 is 0.288 bits per heavy atom. The Bertz CT molecular complexity index is 3900. The zero-order valence-electron chi connectivity index (χ0n) is 35.7. The quantitative estimate of drug-likeness (QED) is 0.172. The number of nitrogens with zero attached hydrogens (tertiary/aromatic N) is 2. The van der Waals surface area contributed by atoms with E-state index in [1.54, 1.807) is 0 Å². The predicted octanol–water partition coefficient (Wildman–Crippen LogP) is 16.7. The smallest absolute Gasteiger partial charge is 0.160 e. The molecule has 0 unspecified atom stereocenters. The first kappa shape index (κ1) is 37.2. The van der Waals surface area contributed by atoms with Crippen molar-refractivity contribution >= 4 is 42.3 Å². The van der Waals surface area contributed by atoms with Gasteiger partial charge in [-0.2, -0.15) is 0 Å². The number of hydrogen-bond acceptors (Lipinski definition) is 3. The lowest BCUT2D eigenvalue weighted by Gasteiger charge is -2.30. The van der Waals surface area contributed by atoms with E-state index in [-0.39, 0.29) is 0 Å². The predicted molar refractivity (Wildman–Crippen MR) is 276 cm³/mol. The van der Waals surface area contributed by atoms with E-state index in [9.17, 15) is 0 Å². The fraction of sp³-hybridized carbons (Fsp3) is 0.0159. The molecule has 1 spiro atoms. The van der Waals surface area contributed by atoms with Gasteiger partial charge in [-0.25, -0.2) is 9.97 Å². The van der Waals surface area contributed by atoms with Crippen molar-refractivity contribution < 1.29 is 0 Å². The molecule has 0 radical (unpaired) electrons. The van der Waals surface area contributed by atoms with E-state index >= 15 is 0 Å². The number of fused-ring (bicyclic) bond motifs is 14. The maximum absolute atomic E-state index is 5.42. The van der Waals surface area contributed by atoms with Crippen LogP contribution in [0.5, 0.6) is 0 Å². The standard InChI is InChI=1S/C63H38N2S/c1-2-16-40(17-3-1)62-64-58(42-29-31-57-52(37-42)50-22-8-12-27-56(50)63(57)54-25-10-6-20-48(54)49-21-7-11-26-55(49)63)38-59(65-62)45-34-43(33-44(35-45)47-24-14-18-39-15-4-5-19-46(39)47)41-30-32-61-53(36-41)51-23-9-13-28-60(51)66-61/h1-38H. The molecule has 0 fully saturated rings. The lowest BCUT2D eigenvalue weighted by Crippen LogP contribution is -2.25. The first-order chi connectivity index (χ1) is 32.7. The van der Waals surface area contributed by atoms with Crippen LogP contribution in [0.4, 0.5) is 0 Å². The minimum Gasteiger partial charge on any atom is -0.228 e. The number of rotatable bonds is 5. The molecule has 3 heteroatoms. The van der Waals surface area contributed by atoms with Crippen LogP contribution in [-0.4, -0.2) is 9.97 Å². The van der Waals surface area contributed by atoms with Crippen molar-refractivity contribution in [1.82, 2.24) is 9.97 Å². The van der Waals surface area contributed by atoms with Crippen LogP contribution in [0.15, 0.2) is 231 Å². The molecule has 2 nitrogen and oxygen atoms in total. The van der Waals surface area contributed by atoms with Gasteiger partial charge in [-0.15, -0.1) is 11.3 Å². The van der Waals surface area contributed by atoms with Gasteiger partial charge in [0.25, 0.3) is 0 Å². The average molecular weight is 855 g/mol. The Balaban J connectivity index is 0.990. The molecule has 0 saturated heterocycles. The van der Waals surface area contributed by atoms with Crippen LogP contribution in [0.25, 0.3) is 109 Å². The van der Waals surface area contributed by atoms with E-state index in [0.717, 1.165) is 39.2 Å². The van der Waals surface area contributed by atoms with Gasteiger partial charge in [-0.3, -0.25) is 0 Å². The third-order valence-corrected chi connectivity index (χ3v) is 15.2. The van der Waals surface area contributed by atoms with E-state index in [0.29, 0.717) is 5.82 Å². The Morgan fingerprint density at radius 3 is 1.61 bits per heavy atom. The Labute approximate surface area is 386 Å². The Morgan fingerprint density at radius 2 is 0.833 bits per heavy atom. The van der Waals surface area contributed by atoms with Crippen molar-refractivity contribution in [1.29, 1.82) is 0 Å². The highest BCUT2D eigenvalue weighted by molar-refractivity contribution is 7.25. The highest BCUT2D eigenvalue weighted by atomic mass is 32.1. The van der Waals surface area contributed by atoms with Gasteiger partial charge >= 0.3 is 0 Å². The van der Waals surface area contributed by atoms with E-state index in [1.165, 1.54) is 86.6 Å². The molecule has 0 amide bonds. The van der Waals surface area contributed by atoms with Crippen molar-refractivity contribution in [3.8, 4) is 78.4 Å². The summed E-state index contributed by atoms with van der Waals surface area (Å²) in [6.45, 7) is 0. The topological polar surface area (TPSA) is 25.8 Å². The van der Waals surface area contributed by atoms with Crippen LogP contribution in [0, 0.1) is 0 Å². The van der Waals surface area contributed by atoms with Gasteiger partial charge in [0.05, 0.1) is 16.8 Å². The second kappa shape index (κ2) is 14.4. The molecule has 2 aromatic heterocycles. The molecule has 0 atom stereocenters. The first-order valence-electron chi connectivity index (χ1n) is 22.6. The minimum absolute atomic E-state index is 0.402. The van der Waals surface area contributed by atoms with Crippen LogP contribution >= 0.6 is 11.3 Å². The summed E-state index contributed by atoms with van der Waals surface area (Å²) in [6, 6.07) is 84.6. The summed E-state index contributed by atoms with van der Waals surface area (Å²) in [7, 11) is 0. The van der Waals surface area contributed by atoms with Crippen molar-refractivity contribution in [2.45, 2.75) is 5.41 Å². The molecule has 2 heterocycles. The summed E-state index contributed by atoms with van der Waals surface area (Å²) in [5, 5.41) is 5.01. The summed E-state index contributed by atoms with van der Waals surface area (Å²) >= 11 is 1.85. The summed E-state index contributed by atoms with van der Waals surface area (Å²) in [6.07, 6.45) is 0. The van der Waals surface area contributed by atoms with Gasteiger partial charge in [-0.05, 0) is 126 Å². The van der Waals surface area contributed by atoms with Crippen molar-refractivity contribution in [2.75, 3.05) is 0 Å². The summed E-state index contributed by atoms with van der Waals surface area (Å²) in [5.41, 5.74) is 19.5. The van der Waals surface area contributed by atoms with E-state index < -0.39 is 5.41 Å². The van der Waals surface area contributed by atoms with Crippen molar-refractivity contribution in [3.05, 3.63) is 253 Å². The zero-order chi connectivity index (χ0) is 43.3. The molecular formula is C63H38N2S. The number of aromatic nitrogens is 2. The maximum atomic E-state index is 5.42. The molecule has 0 bridgehead atoms. The van der Waals surface area contributed by atoms with Gasteiger partial charge in [0.2, 0.25) is 0 Å². The SMILES string of the molecule is c1ccc(-c2nc(-c3cc(-c4ccc5sc6ccccc6c5c4)cc(-c4cccc5ccccc45)c3)cc(-c3ccc4c(c3)-c3ccccc3C43c4ccccc4-c4ccccc43)n2)cc1. The molecule has 0 N–H and O–H groups in total. The summed E-state index contributed by atoms with van der Waals surface area (Å²) in [4.78, 5) is 10.8. The molecule has 0 saturated carbocycles. The van der Waals surface area contributed by atoms with Gasteiger partial charge in [0.15, 0.2) is 5.82 Å². The highest BCUT2D eigenvalue weighted by Crippen LogP contribution is 2.63. The molecule has 306 valence electrons. The van der Waals surface area contributed by atoms with E-state index in [2.05, 4.69) is 231 Å². The summed E-state index contributed by atoms with van der Waals surface area (Å²) < 4.78 is 2.60. The number of benzene rings is 10. The second-order valence-electron chi connectivity index (χ2n) is 17.6. The largest absolute Gasteiger partial charge is 0.228 e. The van der Waals surface area contributed by atoms with Crippen molar-refractivity contribution in [3.63, 3.8) is 0 Å². The molecular weight excluding hydrogens is 817 g/mol. The Kier molecular flexibility index (Phi) is 8.10. The number of hydrogen-bond donors (Lipinski definition) is 0. The maximum Gasteiger partial charge on any atom is 0.160 e. The number of thiophene rings is 1. The van der Waals surface area contributed by atoms with Gasteiger partial charge in [0.1, 0.15) is 0 Å². The van der Waals surface area contributed by atoms with Gasteiger partial charge < -0.3 is 0 Å². The molecule has 0 aliphatic heterocycles. The molecule has 10 aromatic carbocycles. The molecule has 2 aliphatic carbocycles. The monoisotopic (exact) mass is 854 g/mol.